The molecule has 0 bridgehead atoms. The molecule has 0 aromatic carbocycles. The Morgan fingerprint density at radius 1 is 1.38 bits per heavy atom. The van der Waals surface area contributed by atoms with Gasteiger partial charge < -0.3 is 4.42 Å². The highest BCUT2D eigenvalue weighted by Gasteiger charge is 2.30. The first-order valence-corrected chi connectivity index (χ1v) is 6.63. The average Bonchev–Trinajstić information content (AvgIpc) is 2.92. The third-order valence-electron chi connectivity index (χ3n) is 2.54. The molecule has 0 saturated heterocycles. The van der Waals surface area contributed by atoms with Crippen LogP contribution in [0.2, 0.25) is 0 Å². The second-order valence-electron chi connectivity index (χ2n) is 3.90. The predicted octanol–water partition coefficient (Wildman–Crippen LogP) is 2.59. The summed E-state index contributed by atoms with van der Waals surface area (Å²) in [6, 6.07) is 3.67. The average molecular weight is 317 g/mol. The molecule has 2 aromatic heterocycles. The van der Waals surface area contributed by atoms with Gasteiger partial charge in [-0.3, -0.25) is 10.2 Å². The van der Waals surface area contributed by atoms with Gasteiger partial charge in [0.2, 0.25) is 0 Å². The van der Waals surface area contributed by atoms with E-state index >= 15 is 0 Å². The molecule has 9 heteroatoms. The lowest BCUT2D eigenvalue weighted by molar-refractivity contribution is -0.137. The molecule has 2 rings (SSSR count). The summed E-state index contributed by atoms with van der Waals surface area (Å²) in [4.78, 5) is 15.1. The first-order valence-electron chi connectivity index (χ1n) is 5.65. The van der Waals surface area contributed by atoms with Crippen LogP contribution in [0.4, 0.5) is 13.2 Å². The van der Waals surface area contributed by atoms with Gasteiger partial charge in [0.15, 0.2) is 0 Å². The summed E-state index contributed by atoms with van der Waals surface area (Å²) in [6.45, 7) is 0. The van der Waals surface area contributed by atoms with Crippen molar-refractivity contribution in [3.63, 3.8) is 0 Å². The molecule has 5 nitrogen and oxygen atoms in total. The Bertz CT molecular complexity index is 625. The molecule has 0 saturated carbocycles. The lowest BCUT2D eigenvalue weighted by Crippen LogP contribution is -2.30. The summed E-state index contributed by atoms with van der Waals surface area (Å²) in [7, 11) is 0. The molecule has 0 atom stereocenters. The smallest absolute Gasteiger partial charge is 0.417 e. The zero-order valence-corrected chi connectivity index (χ0v) is 11.3. The number of furan rings is 1. The maximum Gasteiger partial charge on any atom is 0.417 e. The minimum Gasteiger partial charge on any atom is -0.468 e. The maximum atomic E-state index is 12.4. The van der Waals surface area contributed by atoms with Crippen LogP contribution in [0.1, 0.15) is 21.7 Å². The van der Waals surface area contributed by atoms with Crippen molar-refractivity contribution in [1.29, 1.82) is 0 Å². The number of hydrogen-bond acceptors (Lipinski definition) is 5. The van der Waals surface area contributed by atoms with Crippen molar-refractivity contribution in [2.45, 2.75) is 17.0 Å². The van der Waals surface area contributed by atoms with Crippen molar-refractivity contribution in [1.82, 2.24) is 10.4 Å². The molecular formula is C12H10F3N3O2S. The molecule has 0 aliphatic heterocycles. The van der Waals surface area contributed by atoms with Gasteiger partial charge in [0.1, 0.15) is 5.76 Å². The quantitative estimate of drug-likeness (QED) is 0.392. The lowest BCUT2D eigenvalue weighted by atomic mass is 10.2. The Labute approximate surface area is 121 Å². The third-order valence-corrected chi connectivity index (χ3v) is 3.48. The first kappa shape index (κ1) is 15.4. The van der Waals surface area contributed by atoms with Crippen LogP contribution in [0.25, 0.3) is 0 Å². The van der Waals surface area contributed by atoms with Crippen LogP contribution in [0, 0.1) is 0 Å². The lowest BCUT2D eigenvalue weighted by Gasteiger charge is -2.06. The van der Waals surface area contributed by atoms with Crippen LogP contribution in [0.15, 0.2) is 40.1 Å². The van der Waals surface area contributed by atoms with E-state index < -0.39 is 17.6 Å². The monoisotopic (exact) mass is 317 g/mol. The topological polar surface area (TPSA) is 81.1 Å². The number of halogens is 3. The van der Waals surface area contributed by atoms with Gasteiger partial charge in [0, 0.05) is 6.20 Å². The number of hydrazine groups is 1. The Hall–Kier alpha value is -2.00. The van der Waals surface area contributed by atoms with Gasteiger partial charge in [0.25, 0.3) is 5.91 Å². The van der Waals surface area contributed by atoms with Crippen LogP contribution in [0.5, 0.6) is 0 Å². The van der Waals surface area contributed by atoms with Gasteiger partial charge in [-0.15, -0.1) is 0 Å². The summed E-state index contributed by atoms with van der Waals surface area (Å²) in [5.74, 6) is 5.14. The first-order chi connectivity index (χ1) is 9.91. The minimum absolute atomic E-state index is 0.244. The van der Waals surface area contributed by atoms with Crippen molar-refractivity contribution in [3.05, 3.63) is 47.5 Å². The van der Waals surface area contributed by atoms with Gasteiger partial charge in [0.05, 0.1) is 28.2 Å². The molecule has 112 valence electrons. The largest absolute Gasteiger partial charge is 0.468 e. The van der Waals surface area contributed by atoms with Crippen molar-refractivity contribution in [3.8, 4) is 0 Å². The molecule has 0 aliphatic carbocycles. The van der Waals surface area contributed by atoms with Crippen LogP contribution in [-0.4, -0.2) is 10.9 Å². The van der Waals surface area contributed by atoms with Crippen molar-refractivity contribution < 1.29 is 22.4 Å². The molecule has 2 aromatic rings. The molecule has 0 fully saturated rings. The van der Waals surface area contributed by atoms with E-state index in [9.17, 15) is 18.0 Å². The summed E-state index contributed by atoms with van der Waals surface area (Å²) in [6.07, 6.45) is -2.32. The minimum atomic E-state index is -4.41. The molecule has 0 radical (unpaired) electrons. The number of pyridine rings is 1. The van der Waals surface area contributed by atoms with E-state index in [1.165, 1.54) is 18.4 Å². The Morgan fingerprint density at radius 3 is 2.71 bits per heavy atom. The second-order valence-corrected chi connectivity index (χ2v) is 4.90. The van der Waals surface area contributed by atoms with Gasteiger partial charge >= 0.3 is 6.18 Å². The Kier molecular flexibility index (Phi) is 4.53. The molecule has 0 aliphatic rings. The number of nitrogens with zero attached hydrogens (tertiary/aromatic N) is 1. The van der Waals surface area contributed by atoms with Gasteiger partial charge in [-0.05, 0) is 18.2 Å². The van der Waals surface area contributed by atoms with E-state index in [0.717, 1.165) is 24.0 Å². The fraction of sp³-hybridized carbons (Fsp3) is 0.167. The SMILES string of the molecule is NNC(=O)c1ccoc1CSc1ccc(C(F)(F)F)cn1. The molecular weight excluding hydrogens is 307 g/mol. The van der Waals surface area contributed by atoms with Crippen molar-refractivity contribution in [2.24, 2.45) is 5.84 Å². The van der Waals surface area contributed by atoms with Crippen LogP contribution < -0.4 is 11.3 Å². The zero-order valence-electron chi connectivity index (χ0n) is 10.5. The number of carbonyl (C=O) groups is 1. The third kappa shape index (κ3) is 3.76. The van der Waals surface area contributed by atoms with E-state index in [0.29, 0.717) is 10.8 Å². The zero-order chi connectivity index (χ0) is 15.5. The van der Waals surface area contributed by atoms with E-state index in [2.05, 4.69) is 4.98 Å². The molecule has 2 heterocycles. The Balaban J connectivity index is 2.04. The summed E-state index contributed by atoms with van der Waals surface area (Å²) in [5, 5.41) is 0.388. The summed E-state index contributed by atoms with van der Waals surface area (Å²) in [5.41, 5.74) is 1.44. The number of nitrogen functional groups attached to an aromatic ring is 1. The number of amides is 1. The molecule has 0 spiro atoms. The number of rotatable bonds is 4. The van der Waals surface area contributed by atoms with Crippen LogP contribution in [0.3, 0.4) is 0 Å². The van der Waals surface area contributed by atoms with Gasteiger partial charge in [-0.2, -0.15) is 13.2 Å². The van der Waals surface area contributed by atoms with E-state index in [-0.39, 0.29) is 11.3 Å². The van der Waals surface area contributed by atoms with E-state index in [4.69, 9.17) is 10.3 Å². The summed E-state index contributed by atoms with van der Waals surface area (Å²) >= 11 is 1.15. The van der Waals surface area contributed by atoms with Crippen LogP contribution in [-0.2, 0) is 11.9 Å². The van der Waals surface area contributed by atoms with Crippen molar-refractivity contribution >= 4 is 17.7 Å². The van der Waals surface area contributed by atoms with E-state index in [1.807, 2.05) is 5.43 Å². The van der Waals surface area contributed by atoms with E-state index in [1.54, 1.807) is 0 Å². The van der Waals surface area contributed by atoms with Crippen LogP contribution >= 0.6 is 11.8 Å². The number of thioether (sulfide) groups is 1. The van der Waals surface area contributed by atoms with Gasteiger partial charge in [-0.1, -0.05) is 11.8 Å². The fourth-order valence-electron chi connectivity index (χ4n) is 1.51. The number of hydrogen-bond donors (Lipinski definition) is 2. The molecule has 0 unspecified atom stereocenters. The highest BCUT2D eigenvalue weighted by Crippen LogP contribution is 2.30. The number of aromatic nitrogens is 1. The number of nitrogens with two attached hydrogens (primary N) is 1. The molecule has 1 amide bonds. The summed E-state index contributed by atoms with van der Waals surface area (Å²) < 4.78 is 42.3. The Morgan fingerprint density at radius 2 is 2.14 bits per heavy atom. The van der Waals surface area contributed by atoms with Crippen molar-refractivity contribution in [2.75, 3.05) is 0 Å². The highest BCUT2D eigenvalue weighted by atomic mass is 32.2. The molecule has 21 heavy (non-hydrogen) atoms. The normalized spacial score (nSPS) is 11.4. The number of alkyl halides is 3. The predicted molar refractivity (Wildman–Crippen MR) is 69.2 cm³/mol. The second kappa shape index (κ2) is 6.19. The molecule has 3 N–H and O–H groups in total. The maximum absolute atomic E-state index is 12.4. The highest BCUT2D eigenvalue weighted by molar-refractivity contribution is 7.98. The fourth-order valence-corrected chi connectivity index (χ4v) is 2.30. The number of carbonyl (C=O) groups excluding carboxylic acids is 1. The standard InChI is InChI=1S/C12H10F3N3O2S/c13-12(14,15)7-1-2-10(17-5-7)21-6-9-8(3-4-20-9)11(19)18-16/h1-5H,6,16H2,(H,18,19). The van der Waals surface area contributed by atoms with Gasteiger partial charge in [-0.25, -0.2) is 10.8 Å². The number of nitrogens with one attached hydrogen (secondary N) is 1.